The van der Waals surface area contributed by atoms with E-state index in [9.17, 15) is 4.79 Å². The van der Waals surface area contributed by atoms with Gasteiger partial charge in [-0.25, -0.2) is 4.98 Å². The first-order chi connectivity index (χ1) is 9.11. The number of anilines is 1. The van der Waals surface area contributed by atoms with Gasteiger partial charge >= 0.3 is 5.97 Å². The summed E-state index contributed by atoms with van der Waals surface area (Å²) in [4.78, 5) is 19.9. The second-order valence-corrected chi connectivity index (χ2v) is 4.34. The molecule has 102 valence electrons. The minimum absolute atomic E-state index is 0.166. The normalized spacial score (nSPS) is 10.8. The summed E-state index contributed by atoms with van der Waals surface area (Å²) in [6.07, 6.45) is 1.42. The molecule has 2 rings (SSSR count). The molecule has 0 spiro atoms. The van der Waals surface area contributed by atoms with Gasteiger partial charge in [0.25, 0.3) is 0 Å². The number of benzene rings is 1. The number of carboxylic acids is 1. The van der Waals surface area contributed by atoms with E-state index in [2.05, 4.69) is 10.5 Å². The number of aliphatic carboxylic acids is 1. The van der Waals surface area contributed by atoms with Crippen molar-refractivity contribution in [3.8, 4) is 0 Å². The Balaban J connectivity index is 2.20. The quantitative estimate of drug-likeness (QED) is 0.779. The Bertz CT molecular complexity index is 592. The van der Waals surface area contributed by atoms with Crippen molar-refractivity contribution in [3.63, 3.8) is 0 Å². The van der Waals surface area contributed by atoms with Crippen molar-refractivity contribution in [2.45, 2.75) is 19.3 Å². The number of hydrogen-bond acceptors (Lipinski definition) is 4. The fourth-order valence-electron chi connectivity index (χ4n) is 2.05. The fourth-order valence-corrected chi connectivity index (χ4v) is 2.05. The summed E-state index contributed by atoms with van der Waals surface area (Å²) in [7, 11) is 3.49. The van der Waals surface area contributed by atoms with Crippen LogP contribution in [0.3, 0.4) is 0 Å². The molecule has 19 heavy (non-hydrogen) atoms. The highest BCUT2D eigenvalue weighted by Gasteiger charge is 2.09. The molecule has 6 nitrogen and oxygen atoms in total. The van der Waals surface area contributed by atoms with Crippen LogP contribution in [0.4, 0.5) is 5.69 Å². The molecule has 2 aromatic rings. The number of aromatic nitrogens is 2. The lowest BCUT2D eigenvalue weighted by molar-refractivity contribution is -0.137. The van der Waals surface area contributed by atoms with Crippen molar-refractivity contribution in [1.29, 1.82) is 0 Å². The highest BCUT2D eigenvalue weighted by atomic mass is 16.6. The van der Waals surface area contributed by atoms with Crippen LogP contribution in [0.2, 0.25) is 0 Å². The van der Waals surface area contributed by atoms with E-state index in [0.29, 0.717) is 12.8 Å². The molecule has 1 aromatic carbocycles. The monoisotopic (exact) mass is 263 g/mol. The zero-order chi connectivity index (χ0) is 13.8. The number of carbonyl (C=O) groups is 1. The first kappa shape index (κ1) is 13.4. The lowest BCUT2D eigenvalue weighted by Gasteiger charge is -2.03. The number of rotatable bonds is 6. The van der Waals surface area contributed by atoms with Crippen LogP contribution in [0, 0.1) is 0 Å². The van der Waals surface area contributed by atoms with E-state index < -0.39 is 5.97 Å². The predicted octanol–water partition coefficient (Wildman–Crippen LogP) is 1.95. The SMILES string of the molecule is CONc1ccc2c(c1)nc(CCCC(=O)O)n2C. The molecule has 0 saturated carbocycles. The van der Waals surface area contributed by atoms with Crippen molar-refractivity contribution >= 4 is 22.7 Å². The van der Waals surface area contributed by atoms with Crippen LogP contribution in [0.5, 0.6) is 0 Å². The van der Waals surface area contributed by atoms with Gasteiger partial charge < -0.3 is 9.67 Å². The van der Waals surface area contributed by atoms with Crippen molar-refractivity contribution < 1.29 is 14.7 Å². The minimum atomic E-state index is -0.773. The van der Waals surface area contributed by atoms with Gasteiger partial charge in [-0.1, -0.05) is 0 Å². The highest BCUT2D eigenvalue weighted by Crippen LogP contribution is 2.20. The summed E-state index contributed by atoms with van der Waals surface area (Å²) in [5.41, 5.74) is 5.49. The maximum Gasteiger partial charge on any atom is 0.303 e. The van der Waals surface area contributed by atoms with Gasteiger partial charge in [-0.15, -0.1) is 0 Å². The molecule has 1 aromatic heterocycles. The van der Waals surface area contributed by atoms with E-state index in [1.165, 1.54) is 0 Å². The largest absolute Gasteiger partial charge is 0.481 e. The smallest absolute Gasteiger partial charge is 0.303 e. The van der Waals surface area contributed by atoms with Gasteiger partial charge in [-0.2, -0.15) is 0 Å². The molecular formula is C13H17N3O3. The molecule has 0 aliphatic rings. The number of carboxylic acid groups (broad SMARTS) is 1. The number of nitrogens with zero attached hydrogens (tertiary/aromatic N) is 2. The van der Waals surface area contributed by atoms with E-state index in [0.717, 1.165) is 22.5 Å². The Kier molecular flexibility index (Phi) is 4.01. The van der Waals surface area contributed by atoms with Gasteiger partial charge in [-0.3, -0.25) is 15.1 Å². The van der Waals surface area contributed by atoms with Gasteiger partial charge in [0.05, 0.1) is 23.8 Å². The second-order valence-electron chi connectivity index (χ2n) is 4.34. The van der Waals surface area contributed by atoms with Crippen molar-refractivity contribution in [3.05, 3.63) is 24.0 Å². The van der Waals surface area contributed by atoms with Crippen LogP contribution in [0.1, 0.15) is 18.7 Å². The average Bonchev–Trinajstić information content (AvgIpc) is 2.66. The van der Waals surface area contributed by atoms with Crippen LogP contribution in [0.25, 0.3) is 11.0 Å². The summed E-state index contributed by atoms with van der Waals surface area (Å²) in [6.45, 7) is 0. The maximum atomic E-state index is 10.5. The van der Waals surface area contributed by atoms with E-state index >= 15 is 0 Å². The molecule has 0 aliphatic carbocycles. The molecule has 0 aliphatic heterocycles. The Morgan fingerprint density at radius 3 is 3.00 bits per heavy atom. The number of hydrogen-bond donors (Lipinski definition) is 2. The van der Waals surface area contributed by atoms with Crippen LogP contribution >= 0.6 is 0 Å². The van der Waals surface area contributed by atoms with Gasteiger partial charge in [-0.05, 0) is 24.6 Å². The van der Waals surface area contributed by atoms with Crippen molar-refractivity contribution in [2.24, 2.45) is 7.05 Å². The van der Waals surface area contributed by atoms with Gasteiger partial charge in [0.2, 0.25) is 0 Å². The molecule has 2 N–H and O–H groups in total. The summed E-state index contributed by atoms with van der Waals surface area (Å²) < 4.78 is 1.99. The molecule has 0 fully saturated rings. The lowest BCUT2D eigenvalue weighted by Crippen LogP contribution is -2.01. The van der Waals surface area contributed by atoms with Crippen molar-refractivity contribution in [2.75, 3.05) is 12.6 Å². The fraction of sp³-hybridized carbons (Fsp3) is 0.385. The molecule has 6 heteroatoms. The van der Waals surface area contributed by atoms with E-state index in [-0.39, 0.29) is 6.42 Å². The van der Waals surface area contributed by atoms with E-state index in [1.807, 2.05) is 29.8 Å². The Morgan fingerprint density at radius 1 is 1.53 bits per heavy atom. The molecule has 0 amide bonds. The number of aryl methyl sites for hydroxylation is 2. The summed E-state index contributed by atoms with van der Waals surface area (Å²) in [6, 6.07) is 5.78. The zero-order valence-electron chi connectivity index (χ0n) is 11.0. The molecule has 0 unspecified atom stereocenters. The average molecular weight is 263 g/mol. The number of nitrogens with one attached hydrogen (secondary N) is 1. The third kappa shape index (κ3) is 3.03. The topological polar surface area (TPSA) is 76.4 Å². The summed E-state index contributed by atoms with van der Waals surface area (Å²) >= 11 is 0. The third-order valence-electron chi connectivity index (χ3n) is 2.98. The highest BCUT2D eigenvalue weighted by molar-refractivity contribution is 5.80. The van der Waals surface area contributed by atoms with E-state index in [1.54, 1.807) is 7.11 Å². The standard InChI is InChI=1S/C13H17N3O3/c1-16-11-7-6-9(15-19-2)8-10(11)14-12(16)4-3-5-13(17)18/h6-8,15H,3-5H2,1-2H3,(H,17,18). The first-order valence-corrected chi connectivity index (χ1v) is 6.08. The van der Waals surface area contributed by atoms with Gasteiger partial charge in [0, 0.05) is 19.9 Å². The Labute approximate surface area is 111 Å². The number of fused-ring (bicyclic) bond motifs is 1. The minimum Gasteiger partial charge on any atom is -0.481 e. The number of imidazole rings is 1. The lowest BCUT2D eigenvalue weighted by atomic mass is 10.2. The molecular weight excluding hydrogens is 246 g/mol. The molecule has 0 saturated heterocycles. The van der Waals surface area contributed by atoms with Crippen LogP contribution in [-0.2, 0) is 23.1 Å². The Morgan fingerprint density at radius 2 is 2.32 bits per heavy atom. The maximum absolute atomic E-state index is 10.5. The first-order valence-electron chi connectivity index (χ1n) is 6.08. The van der Waals surface area contributed by atoms with E-state index in [4.69, 9.17) is 9.94 Å². The molecule has 0 atom stereocenters. The van der Waals surface area contributed by atoms with Crippen LogP contribution in [-0.4, -0.2) is 27.7 Å². The molecule has 0 radical (unpaired) electrons. The third-order valence-corrected chi connectivity index (χ3v) is 2.98. The van der Waals surface area contributed by atoms with Gasteiger partial charge in [0.15, 0.2) is 0 Å². The van der Waals surface area contributed by atoms with Gasteiger partial charge in [0.1, 0.15) is 5.82 Å². The van der Waals surface area contributed by atoms with Crippen molar-refractivity contribution in [1.82, 2.24) is 9.55 Å². The molecule has 1 heterocycles. The second kappa shape index (κ2) is 5.71. The zero-order valence-corrected chi connectivity index (χ0v) is 11.0. The van der Waals surface area contributed by atoms with Crippen LogP contribution < -0.4 is 5.48 Å². The summed E-state index contributed by atoms with van der Waals surface area (Å²) in [5.74, 6) is 0.121. The molecule has 0 bridgehead atoms. The van der Waals surface area contributed by atoms with Crippen LogP contribution in [0.15, 0.2) is 18.2 Å². The predicted molar refractivity (Wildman–Crippen MR) is 71.9 cm³/mol. The Hall–Kier alpha value is -2.08. The summed E-state index contributed by atoms with van der Waals surface area (Å²) in [5, 5.41) is 8.65.